The summed E-state index contributed by atoms with van der Waals surface area (Å²) in [4.78, 5) is 17.3. The Hall–Kier alpha value is -2.17. The molecule has 1 aromatic carbocycles. The van der Waals surface area contributed by atoms with Crippen LogP contribution in [0.4, 0.5) is 5.69 Å². The molecule has 0 radical (unpaired) electrons. The zero-order valence-electron chi connectivity index (χ0n) is 11.6. The number of benzene rings is 1. The van der Waals surface area contributed by atoms with Crippen LogP contribution < -0.4 is 5.32 Å². The first-order valence-corrected chi connectivity index (χ1v) is 8.00. The SMILES string of the molecule is O=C(Cc1ccccc1Cl)Nc1csc(-c2cccnc2)c1. The summed E-state index contributed by atoms with van der Waals surface area (Å²) in [7, 11) is 0. The second-order valence-electron chi connectivity index (χ2n) is 4.76. The minimum absolute atomic E-state index is 0.0800. The van der Waals surface area contributed by atoms with Crippen molar-refractivity contribution in [2.75, 3.05) is 5.32 Å². The summed E-state index contributed by atoms with van der Waals surface area (Å²) < 4.78 is 0. The molecular weight excluding hydrogens is 316 g/mol. The lowest BCUT2D eigenvalue weighted by Crippen LogP contribution is -2.14. The van der Waals surface area contributed by atoms with Crippen molar-refractivity contribution >= 4 is 34.5 Å². The third kappa shape index (κ3) is 3.53. The van der Waals surface area contributed by atoms with Crippen LogP contribution in [0.1, 0.15) is 5.56 Å². The molecule has 0 aliphatic rings. The molecular formula is C17H13ClN2OS. The number of hydrogen-bond acceptors (Lipinski definition) is 3. The van der Waals surface area contributed by atoms with E-state index in [0.717, 1.165) is 21.7 Å². The molecule has 3 rings (SSSR count). The molecule has 0 bridgehead atoms. The van der Waals surface area contributed by atoms with Gasteiger partial charge >= 0.3 is 0 Å². The molecule has 0 unspecified atom stereocenters. The van der Waals surface area contributed by atoms with Crippen molar-refractivity contribution in [3.63, 3.8) is 0 Å². The van der Waals surface area contributed by atoms with Gasteiger partial charge in [0.25, 0.3) is 0 Å². The molecule has 110 valence electrons. The number of rotatable bonds is 4. The molecule has 2 aromatic heterocycles. The van der Waals surface area contributed by atoms with Crippen molar-refractivity contribution in [3.8, 4) is 10.4 Å². The summed E-state index contributed by atoms with van der Waals surface area (Å²) in [5.41, 5.74) is 2.66. The molecule has 0 atom stereocenters. The Bertz CT molecular complexity index is 786. The van der Waals surface area contributed by atoms with Gasteiger partial charge in [0.1, 0.15) is 0 Å². The molecule has 0 aliphatic carbocycles. The second-order valence-corrected chi connectivity index (χ2v) is 6.08. The van der Waals surface area contributed by atoms with Crippen LogP contribution in [0.5, 0.6) is 0 Å². The maximum absolute atomic E-state index is 12.1. The zero-order valence-corrected chi connectivity index (χ0v) is 13.2. The number of aromatic nitrogens is 1. The minimum Gasteiger partial charge on any atom is -0.325 e. The van der Waals surface area contributed by atoms with Crippen LogP contribution in [-0.2, 0) is 11.2 Å². The highest BCUT2D eigenvalue weighted by Crippen LogP contribution is 2.29. The van der Waals surface area contributed by atoms with Crippen molar-refractivity contribution in [2.24, 2.45) is 0 Å². The highest BCUT2D eigenvalue weighted by atomic mass is 35.5. The number of thiophene rings is 1. The summed E-state index contributed by atoms with van der Waals surface area (Å²) >= 11 is 7.64. The van der Waals surface area contributed by atoms with Gasteiger partial charge in [0.05, 0.1) is 12.1 Å². The number of hydrogen-bond donors (Lipinski definition) is 1. The van der Waals surface area contributed by atoms with Crippen LogP contribution in [0.2, 0.25) is 5.02 Å². The van der Waals surface area contributed by atoms with E-state index in [1.165, 1.54) is 0 Å². The molecule has 2 heterocycles. The average molecular weight is 329 g/mol. The van der Waals surface area contributed by atoms with Gasteiger partial charge in [-0.25, -0.2) is 0 Å². The van der Waals surface area contributed by atoms with Gasteiger partial charge in [-0.05, 0) is 23.8 Å². The molecule has 0 aliphatic heterocycles. The summed E-state index contributed by atoms with van der Waals surface area (Å²) in [5.74, 6) is -0.0800. The Balaban J connectivity index is 1.68. The topological polar surface area (TPSA) is 42.0 Å². The monoisotopic (exact) mass is 328 g/mol. The summed E-state index contributed by atoms with van der Waals surface area (Å²) in [6.45, 7) is 0. The third-order valence-corrected chi connectivity index (χ3v) is 4.49. The van der Waals surface area contributed by atoms with E-state index in [4.69, 9.17) is 11.6 Å². The van der Waals surface area contributed by atoms with E-state index in [-0.39, 0.29) is 12.3 Å². The fraction of sp³-hybridized carbons (Fsp3) is 0.0588. The van der Waals surface area contributed by atoms with Crippen LogP contribution in [0.15, 0.2) is 60.2 Å². The predicted molar refractivity (Wildman–Crippen MR) is 91.3 cm³/mol. The number of anilines is 1. The average Bonchev–Trinajstić information content (AvgIpc) is 2.99. The summed E-state index contributed by atoms with van der Waals surface area (Å²) in [5, 5.41) is 5.43. The highest BCUT2D eigenvalue weighted by molar-refractivity contribution is 7.14. The van der Waals surface area contributed by atoms with Crippen LogP contribution in [0.25, 0.3) is 10.4 Å². The van der Waals surface area contributed by atoms with E-state index in [1.54, 1.807) is 29.8 Å². The van der Waals surface area contributed by atoms with Gasteiger partial charge in [-0.2, -0.15) is 0 Å². The van der Waals surface area contributed by atoms with Crippen LogP contribution in [-0.4, -0.2) is 10.9 Å². The maximum Gasteiger partial charge on any atom is 0.228 e. The van der Waals surface area contributed by atoms with Crippen molar-refractivity contribution in [1.82, 2.24) is 4.98 Å². The van der Waals surface area contributed by atoms with Crippen LogP contribution in [0.3, 0.4) is 0 Å². The zero-order chi connectivity index (χ0) is 15.4. The Morgan fingerprint density at radius 3 is 2.86 bits per heavy atom. The first-order valence-electron chi connectivity index (χ1n) is 6.74. The lowest BCUT2D eigenvalue weighted by Gasteiger charge is -2.04. The highest BCUT2D eigenvalue weighted by Gasteiger charge is 2.09. The molecule has 0 fully saturated rings. The molecule has 0 saturated heterocycles. The number of nitrogens with zero attached hydrogens (tertiary/aromatic N) is 1. The van der Waals surface area contributed by atoms with E-state index < -0.39 is 0 Å². The van der Waals surface area contributed by atoms with Gasteiger partial charge in [-0.3, -0.25) is 9.78 Å². The van der Waals surface area contributed by atoms with Crippen LogP contribution in [0, 0.1) is 0 Å². The normalized spacial score (nSPS) is 10.4. The minimum atomic E-state index is -0.0800. The Morgan fingerprint density at radius 2 is 2.09 bits per heavy atom. The van der Waals surface area contributed by atoms with Gasteiger partial charge in [0.15, 0.2) is 0 Å². The lowest BCUT2D eigenvalue weighted by molar-refractivity contribution is -0.115. The molecule has 3 aromatic rings. The molecule has 1 amide bonds. The Kier molecular flexibility index (Phi) is 4.51. The predicted octanol–water partition coefficient (Wildman–Crippen LogP) is 4.64. The maximum atomic E-state index is 12.1. The van der Waals surface area contributed by atoms with Crippen LogP contribution >= 0.6 is 22.9 Å². The van der Waals surface area contributed by atoms with Gasteiger partial charge in [-0.1, -0.05) is 35.9 Å². The van der Waals surface area contributed by atoms with Crippen molar-refractivity contribution in [3.05, 3.63) is 70.8 Å². The molecule has 3 nitrogen and oxygen atoms in total. The number of amides is 1. The number of nitrogens with one attached hydrogen (secondary N) is 1. The smallest absolute Gasteiger partial charge is 0.228 e. The second kappa shape index (κ2) is 6.73. The summed E-state index contributed by atoms with van der Waals surface area (Å²) in [6.07, 6.45) is 3.81. The van der Waals surface area contributed by atoms with Gasteiger partial charge in [0.2, 0.25) is 5.91 Å². The van der Waals surface area contributed by atoms with E-state index in [1.807, 2.05) is 41.8 Å². The summed E-state index contributed by atoms with van der Waals surface area (Å²) in [6, 6.07) is 13.2. The first kappa shape index (κ1) is 14.8. The molecule has 0 spiro atoms. The standard InChI is InChI=1S/C17H13ClN2OS/c18-15-6-2-1-4-12(15)8-17(21)20-14-9-16(22-11-14)13-5-3-7-19-10-13/h1-7,9-11H,8H2,(H,20,21). The molecule has 0 saturated carbocycles. The van der Waals surface area contributed by atoms with E-state index in [0.29, 0.717) is 5.02 Å². The number of carbonyl (C=O) groups excluding carboxylic acids is 1. The number of pyridine rings is 1. The largest absolute Gasteiger partial charge is 0.325 e. The fourth-order valence-electron chi connectivity index (χ4n) is 2.08. The fourth-order valence-corrected chi connectivity index (χ4v) is 3.12. The van der Waals surface area contributed by atoms with E-state index in [2.05, 4.69) is 10.3 Å². The quantitative estimate of drug-likeness (QED) is 0.757. The van der Waals surface area contributed by atoms with Crippen molar-refractivity contribution < 1.29 is 4.79 Å². The molecule has 22 heavy (non-hydrogen) atoms. The Morgan fingerprint density at radius 1 is 1.23 bits per heavy atom. The first-order chi connectivity index (χ1) is 10.7. The molecule has 5 heteroatoms. The van der Waals surface area contributed by atoms with Crippen molar-refractivity contribution in [1.29, 1.82) is 0 Å². The lowest BCUT2D eigenvalue weighted by atomic mass is 10.1. The third-order valence-electron chi connectivity index (χ3n) is 3.14. The number of halogens is 1. The number of carbonyl (C=O) groups is 1. The van der Waals surface area contributed by atoms with E-state index >= 15 is 0 Å². The van der Waals surface area contributed by atoms with Crippen molar-refractivity contribution in [2.45, 2.75) is 6.42 Å². The molecule has 1 N–H and O–H groups in total. The van der Waals surface area contributed by atoms with Gasteiger partial charge in [0, 0.05) is 33.2 Å². The Labute approximate surface area is 137 Å². The van der Waals surface area contributed by atoms with Gasteiger partial charge in [-0.15, -0.1) is 11.3 Å². The van der Waals surface area contributed by atoms with E-state index in [9.17, 15) is 4.79 Å². The van der Waals surface area contributed by atoms with Gasteiger partial charge < -0.3 is 5.32 Å².